The lowest BCUT2D eigenvalue weighted by molar-refractivity contribution is -0.145. The van der Waals surface area contributed by atoms with Crippen molar-refractivity contribution in [1.82, 2.24) is 5.32 Å². The van der Waals surface area contributed by atoms with Gasteiger partial charge in [0.2, 0.25) is 0 Å². The molecular weight excluding hydrogens is 202 g/mol. The first kappa shape index (κ1) is 11.1. The van der Waals surface area contributed by atoms with Crippen molar-refractivity contribution in [2.75, 3.05) is 0 Å². The second kappa shape index (κ2) is 4.26. The maximum atomic E-state index is 11.6. The lowest BCUT2D eigenvalue weighted by Crippen LogP contribution is -2.49. The molecule has 1 saturated carbocycles. The number of benzene rings is 1. The summed E-state index contributed by atoms with van der Waals surface area (Å²) in [6, 6.07) is 9.81. The van der Waals surface area contributed by atoms with E-state index >= 15 is 0 Å². The highest BCUT2D eigenvalue weighted by Gasteiger charge is 2.42. The van der Waals surface area contributed by atoms with Gasteiger partial charge in [-0.2, -0.15) is 0 Å². The monoisotopic (exact) mass is 219 g/mol. The van der Waals surface area contributed by atoms with Crippen LogP contribution in [0.5, 0.6) is 0 Å². The van der Waals surface area contributed by atoms with Crippen LogP contribution in [0.25, 0.3) is 0 Å². The summed E-state index contributed by atoms with van der Waals surface area (Å²) in [7, 11) is 0. The molecule has 1 aromatic carbocycles. The number of aliphatic carboxylic acids is 1. The van der Waals surface area contributed by atoms with Crippen molar-refractivity contribution < 1.29 is 9.90 Å². The van der Waals surface area contributed by atoms with Crippen molar-refractivity contribution in [3.63, 3.8) is 0 Å². The highest BCUT2D eigenvalue weighted by Crippen LogP contribution is 2.31. The maximum Gasteiger partial charge on any atom is 0.328 e. The van der Waals surface area contributed by atoms with Crippen LogP contribution in [0.15, 0.2) is 30.3 Å². The van der Waals surface area contributed by atoms with E-state index in [0.717, 1.165) is 18.4 Å². The number of carbonyl (C=O) groups is 1. The summed E-state index contributed by atoms with van der Waals surface area (Å²) in [5.41, 5.74) is -0.0699. The molecule has 1 fully saturated rings. The minimum absolute atomic E-state index is 0.372. The van der Waals surface area contributed by atoms with E-state index in [1.165, 1.54) is 0 Å². The van der Waals surface area contributed by atoms with Gasteiger partial charge >= 0.3 is 5.97 Å². The molecule has 0 heterocycles. The third kappa shape index (κ3) is 1.95. The summed E-state index contributed by atoms with van der Waals surface area (Å²) >= 11 is 0. The van der Waals surface area contributed by atoms with Crippen LogP contribution in [0.4, 0.5) is 0 Å². The SMILES string of the molecule is CCC(NC1CC1)(C(=O)O)c1ccccc1. The first-order valence-corrected chi connectivity index (χ1v) is 5.75. The highest BCUT2D eigenvalue weighted by molar-refractivity contribution is 5.80. The molecule has 1 aliphatic carbocycles. The smallest absolute Gasteiger partial charge is 0.328 e. The van der Waals surface area contributed by atoms with Gasteiger partial charge in [-0.3, -0.25) is 5.32 Å². The Kier molecular flexibility index (Phi) is 2.97. The summed E-state index contributed by atoms with van der Waals surface area (Å²) in [6.07, 6.45) is 2.73. The summed E-state index contributed by atoms with van der Waals surface area (Å²) in [4.78, 5) is 11.6. The van der Waals surface area contributed by atoms with Crippen molar-refractivity contribution in [3.8, 4) is 0 Å². The largest absolute Gasteiger partial charge is 0.480 e. The quantitative estimate of drug-likeness (QED) is 0.797. The normalized spacial score (nSPS) is 19.1. The van der Waals surface area contributed by atoms with Crippen LogP contribution in [0.2, 0.25) is 0 Å². The zero-order valence-electron chi connectivity index (χ0n) is 9.44. The Balaban J connectivity index is 2.35. The molecule has 1 aromatic rings. The van der Waals surface area contributed by atoms with Gasteiger partial charge in [0.1, 0.15) is 5.54 Å². The van der Waals surface area contributed by atoms with E-state index in [4.69, 9.17) is 0 Å². The Bertz CT molecular complexity index is 373. The third-order valence-electron chi connectivity index (χ3n) is 3.19. The molecular formula is C13H17NO2. The van der Waals surface area contributed by atoms with Gasteiger partial charge in [-0.25, -0.2) is 4.79 Å². The Morgan fingerprint density at radius 2 is 2.06 bits per heavy atom. The first-order chi connectivity index (χ1) is 7.69. The van der Waals surface area contributed by atoms with E-state index in [1.807, 2.05) is 37.3 Å². The van der Waals surface area contributed by atoms with Gasteiger partial charge in [0.05, 0.1) is 0 Å². The topological polar surface area (TPSA) is 49.3 Å². The number of carboxylic acid groups (broad SMARTS) is 1. The molecule has 2 N–H and O–H groups in total. The number of hydrogen-bond donors (Lipinski definition) is 2. The molecule has 3 nitrogen and oxygen atoms in total. The molecule has 16 heavy (non-hydrogen) atoms. The zero-order chi connectivity index (χ0) is 11.6. The second-order valence-corrected chi connectivity index (χ2v) is 4.35. The minimum atomic E-state index is -0.914. The molecule has 1 unspecified atom stereocenters. The Morgan fingerprint density at radius 1 is 1.44 bits per heavy atom. The molecule has 86 valence electrons. The van der Waals surface area contributed by atoms with Gasteiger partial charge in [-0.05, 0) is 24.8 Å². The summed E-state index contributed by atoms with van der Waals surface area (Å²) < 4.78 is 0. The zero-order valence-corrected chi connectivity index (χ0v) is 9.44. The fraction of sp³-hybridized carbons (Fsp3) is 0.462. The van der Waals surface area contributed by atoms with Crippen LogP contribution >= 0.6 is 0 Å². The van der Waals surface area contributed by atoms with Gasteiger partial charge in [0, 0.05) is 6.04 Å². The average molecular weight is 219 g/mol. The molecule has 1 atom stereocenters. The van der Waals surface area contributed by atoms with Crippen molar-refractivity contribution in [2.24, 2.45) is 0 Å². The number of carboxylic acids is 1. The van der Waals surface area contributed by atoms with E-state index in [0.29, 0.717) is 12.5 Å². The Labute approximate surface area is 95.5 Å². The van der Waals surface area contributed by atoms with Gasteiger partial charge in [-0.15, -0.1) is 0 Å². The standard InChI is InChI=1S/C13H17NO2/c1-2-13(12(15)16,14-11-8-9-11)10-6-4-3-5-7-10/h3-7,11,14H,2,8-9H2,1H3,(H,15,16). The molecule has 0 radical (unpaired) electrons. The average Bonchev–Trinajstić information content (AvgIpc) is 3.10. The first-order valence-electron chi connectivity index (χ1n) is 5.75. The predicted octanol–water partition coefficient (Wildman–Crippen LogP) is 2.13. The number of rotatable bonds is 5. The summed E-state index contributed by atoms with van der Waals surface area (Å²) in [6.45, 7) is 1.91. The molecule has 2 rings (SSSR count). The molecule has 1 aliphatic rings. The maximum absolute atomic E-state index is 11.6. The molecule has 0 spiro atoms. The Morgan fingerprint density at radius 3 is 2.50 bits per heavy atom. The summed E-state index contributed by atoms with van der Waals surface area (Å²) in [5, 5.41) is 12.8. The van der Waals surface area contributed by atoms with Crippen LogP contribution in [-0.2, 0) is 10.3 Å². The highest BCUT2D eigenvalue weighted by atomic mass is 16.4. The van der Waals surface area contributed by atoms with Crippen molar-refractivity contribution in [2.45, 2.75) is 37.8 Å². The van der Waals surface area contributed by atoms with E-state index in [-0.39, 0.29) is 0 Å². The van der Waals surface area contributed by atoms with Gasteiger partial charge in [0.25, 0.3) is 0 Å². The molecule has 0 aromatic heterocycles. The Hall–Kier alpha value is -1.35. The van der Waals surface area contributed by atoms with E-state index in [9.17, 15) is 9.90 Å². The van der Waals surface area contributed by atoms with Crippen LogP contribution in [-0.4, -0.2) is 17.1 Å². The van der Waals surface area contributed by atoms with Crippen LogP contribution in [0, 0.1) is 0 Å². The lowest BCUT2D eigenvalue weighted by Gasteiger charge is -2.30. The van der Waals surface area contributed by atoms with Crippen LogP contribution < -0.4 is 5.32 Å². The van der Waals surface area contributed by atoms with Gasteiger partial charge < -0.3 is 5.11 Å². The minimum Gasteiger partial charge on any atom is -0.480 e. The fourth-order valence-electron chi connectivity index (χ4n) is 2.02. The third-order valence-corrected chi connectivity index (χ3v) is 3.19. The molecule has 3 heteroatoms. The van der Waals surface area contributed by atoms with E-state index in [2.05, 4.69) is 5.32 Å². The van der Waals surface area contributed by atoms with Crippen molar-refractivity contribution >= 4 is 5.97 Å². The van der Waals surface area contributed by atoms with E-state index in [1.54, 1.807) is 0 Å². The predicted molar refractivity (Wildman–Crippen MR) is 62.2 cm³/mol. The van der Waals surface area contributed by atoms with E-state index < -0.39 is 11.5 Å². The van der Waals surface area contributed by atoms with Crippen LogP contribution in [0.3, 0.4) is 0 Å². The number of hydrogen-bond acceptors (Lipinski definition) is 2. The van der Waals surface area contributed by atoms with Crippen molar-refractivity contribution in [1.29, 1.82) is 0 Å². The summed E-state index contributed by atoms with van der Waals surface area (Å²) in [5.74, 6) is -0.784. The molecule has 0 saturated heterocycles. The molecule has 0 bridgehead atoms. The molecule has 0 aliphatic heterocycles. The van der Waals surface area contributed by atoms with Crippen molar-refractivity contribution in [3.05, 3.63) is 35.9 Å². The van der Waals surface area contributed by atoms with Crippen LogP contribution in [0.1, 0.15) is 31.7 Å². The molecule has 0 amide bonds. The number of nitrogens with one attached hydrogen (secondary N) is 1. The second-order valence-electron chi connectivity index (χ2n) is 4.35. The lowest BCUT2D eigenvalue weighted by atomic mass is 9.87. The van der Waals surface area contributed by atoms with Gasteiger partial charge in [-0.1, -0.05) is 37.3 Å². The fourth-order valence-corrected chi connectivity index (χ4v) is 2.02. The van der Waals surface area contributed by atoms with Gasteiger partial charge in [0.15, 0.2) is 0 Å².